The summed E-state index contributed by atoms with van der Waals surface area (Å²) in [5.74, 6) is -0.642. The number of nitrogens with zero attached hydrogens (tertiary/aromatic N) is 2. The number of fused-ring (bicyclic) bond motifs is 2. The van der Waals surface area contributed by atoms with Gasteiger partial charge >= 0.3 is 0 Å². The molecule has 0 aromatic heterocycles. The summed E-state index contributed by atoms with van der Waals surface area (Å²) in [4.78, 5) is 28.4. The molecule has 26 heavy (non-hydrogen) atoms. The number of ether oxygens (including phenoxy) is 1. The first-order chi connectivity index (χ1) is 12.5. The summed E-state index contributed by atoms with van der Waals surface area (Å²) < 4.78 is 5.75. The highest BCUT2D eigenvalue weighted by molar-refractivity contribution is 7.77. The molecule has 0 spiro atoms. The van der Waals surface area contributed by atoms with E-state index in [0.717, 1.165) is 45.1 Å². The van der Waals surface area contributed by atoms with Crippen LogP contribution in [0.25, 0.3) is 0 Å². The number of piperazine rings is 1. The molecule has 2 bridgehead atoms. The van der Waals surface area contributed by atoms with E-state index in [1.807, 2.05) is 4.90 Å². The number of hydrogen-bond acceptors (Lipinski definition) is 5. The van der Waals surface area contributed by atoms with Crippen molar-refractivity contribution in [2.24, 2.45) is 11.8 Å². The van der Waals surface area contributed by atoms with Crippen molar-refractivity contribution in [3.63, 3.8) is 0 Å². The first kappa shape index (κ1) is 20.0. The minimum absolute atomic E-state index is 0.0727. The van der Waals surface area contributed by atoms with Gasteiger partial charge in [-0.1, -0.05) is 6.42 Å². The van der Waals surface area contributed by atoms with Gasteiger partial charge in [-0.25, -0.2) is 0 Å². The van der Waals surface area contributed by atoms with E-state index in [1.165, 1.54) is 32.1 Å². The lowest BCUT2D eigenvalue weighted by Crippen LogP contribution is -2.61. The second-order valence-corrected chi connectivity index (χ2v) is 8.70. The van der Waals surface area contributed by atoms with Gasteiger partial charge in [0.2, 0.25) is 5.91 Å². The Bertz CT molecular complexity index is 504. The van der Waals surface area contributed by atoms with Gasteiger partial charge < -0.3 is 37.7 Å². The standard InChI is InChI=1S/C13H20N2O3S.C6H13N/c1-14-4-6-15(7-5-14)12(16)10-8-2-3-9(18-8)11(10)13(17)19;7-6-4-2-1-3-5-6/h8-11H,2-7H2,1H3,(H,17,19);6H,1-5,7H2/t8-,9+,10?,11?;/m0./s1. The van der Waals surface area contributed by atoms with Crippen molar-refractivity contribution in [1.29, 1.82) is 0 Å². The lowest BCUT2D eigenvalue weighted by Gasteiger charge is -2.37. The van der Waals surface area contributed by atoms with Gasteiger partial charge in [-0.15, -0.1) is 0 Å². The van der Waals surface area contributed by atoms with Crippen LogP contribution in [0, 0.1) is 11.8 Å². The summed E-state index contributed by atoms with van der Waals surface area (Å²) in [5, 5.41) is -0.306. The molecular weight excluding hydrogens is 350 g/mol. The fraction of sp³-hybridized carbons (Fsp3) is 0.895. The maximum atomic E-state index is 12.6. The van der Waals surface area contributed by atoms with Crippen molar-refractivity contribution in [1.82, 2.24) is 9.80 Å². The minimum atomic E-state index is -0.388. The van der Waals surface area contributed by atoms with Crippen molar-refractivity contribution >= 4 is 23.7 Å². The van der Waals surface area contributed by atoms with Crippen LogP contribution in [0.15, 0.2) is 0 Å². The summed E-state index contributed by atoms with van der Waals surface area (Å²) in [6.07, 6.45) is 8.59. The number of rotatable bonds is 2. The summed E-state index contributed by atoms with van der Waals surface area (Å²) in [6, 6.07) is 0.786. The molecule has 1 amide bonds. The number of amides is 1. The Morgan fingerprint density at radius 2 is 1.50 bits per heavy atom. The third-order valence-corrected chi connectivity index (χ3v) is 6.64. The topological polar surface area (TPSA) is 77.5 Å². The van der Waals surface area contributed by atoms with E-state index in [4.69, 9.17) is 17.4 Å². The molecule has 148 valence electrons. The quantitative estimate of drug-likeness (QED) is 0.689. The Balaban J connectivity index is 0.000000236. The Morgan fingerprint density at radius 3 is 2.00 bits per heavy atom. The third kappa shape index (κ3) is 4.55. The van der Waals surface area contributed by atoms with Crippen LogP contribution >= 0.6 is 0 Å². The molecule has 4 fully saturated rings. The Hall–Kier alpha value is -0.760. The summed E-state index contributed by atoms with van der Waals surface area (Å²) in [6.45, 7) is 3.25. The van der Waals surface area contributed by atoms with E-state index in [0.29, 0.717) is 0 Å². The number of carbonyl (C=O) groups excluding carboxylic acids is 2. The molecule has 3 aliphatic heterocycles. The van der Waals surface area contributed by atoms with E-state index in [1.54, 1.807) is 0 Å². The molecule has 0 radical (unpaired) electrons. The van der Waals surface area contributed by atoms with Crippen molar-refractivity contribution in [2.45, 2.75) is 63.2 Å². The maximum Gasteiger partial charge on any atom is 0.229 e. The molecular formula is C19H33N3O3S. The van der Waals surface area contributed by atoms with E-state index in [-0.39, 0.29) is 35.1 Å². The van der Waals surface area contributed by atoms with Crippen LogP contribution in [0.2, 0.25) is 0 Å². The molecule has 4 atom stereocenters. The van der Waals surface area contributed by atoms with Crippen LogP contribution in [0.3, 0.4) is 0 Å². The lowest BCUT2D eigenvalue weighted by atomic mass is 9.79. The van der Waals surface area contributed by atoms with Gasteiger partial charge in [-0.2, -0.15) is 0 Å². The zero-order valence-electron chi connectivity index (χ0n) is 15.9. The maximum absolute atomic E-state index is 12.6. The number of hydrogen-bond donors (Lipinski definition) is 1. The summed E-state index contributed by atoms with van der Waals surface area (Å²) in [5.41, 5.74) is 4.00. The zero-order valence-corrected chi connectivity index (χ0v) is 16.7. The molecule has 7 heteroatoms. The second kappa shape index (κ2) is 8.95. The van der Waals surface area contributed by atoms with Crippen LogP contribution in [0.5, 0.6) is 0 Å². The number of carbonyl (C=O) groups is 2. The second-order valence-electron chi connectivity index (χ2n) is 8.29. The van der Waals surface area contributed by atoms with E-state index in [2.05, 4.69) is 17.7 Å². The normalized spacial score (nSPS) is 35.1. The highest BCUT2D eigenvalue weighted by Gasteiger charge is 2.53. The van der Waals surface area contributed by atoms with Gasteiger partial charge in [0, 0.05) is 37.2 Å². The predicted octanol–water partition coefficient (Wildman–Crippen LogP) is 0.189. The molecule has 2 unspecified atom stereocenters. The lowest BCUT2D eigenvalue weighted by molar-refractivity contribution is -0.425. The molecule has 6 nitrogen and oxygen atoms in total. The van der Waals surface area contributed by atoms with Crippen LogP contribution in [0.1, 0.15) is 44.9 Å². The van der Waals surface area contributed by atoms with Crippen molar-refractivity contribution < 1.29 is 20.1 Å². The Kier molecular flexibility index (Phi) is 6.88. The van der Waals surface area contributed by atoms with Crippen LogP contribution in [-0.4, -0.2) is 72.3 Å². The Labute approximate surface area is 162 Å². The molecule has 4 aliphatic rings. The molecule has 3 saturated heterocycles. The summed E-state index contributed by atoms with van der Waals surface area (Å²) >= 11 is 4.82. The molecule has 1 aliphatic carbocycles. The third-order valence-electron chi connectivity index (χ3n) is 6.37. The molecule has 4 rings (SSSR count). The first-order valence-electron chi connectivity index (χ1n) is 10.1. The largest absolute Gasteiger partial charge is 0.742 e. The highest BCUT2D eigenvalue weighted by atomic mass is 32.1. The van der Waals surface area contributed by atoms with Crippen LogP contribution in [-0.2, 0) is 27.0 Å². The zero-order chi connectivity index (χ0) is 18.7. The van der Waals surface area contributed by atoms with Gasteiger partial charge in [0.05, 0.1) is 24.2 Å². The predicted molar refractivity (Wildman–Crippen MR) is 101 cm³/mol. The van der Waals surface area contributed by atoms with Crippen molar-refractivity contribution in [3.8, 4) is 0 Å². The average Bonchev–Trinajstić information content (AvgIpc) is 3.24. The first-order valence-corrected chi connectivity index (χ1v) is 10.5. The van der Waals surface area contributed by atoms with Gasteiger partial charge in [-0.3, -0.25) is 4.79 Å². The summed E-state index contributed by atoms with van der Waals surface area (Å²) in [7, 11) is 2.05. The van der Waals surface area contributed by atoms with Crippen LogP contribution < -0.4 is 5.73 Å². The van der Waals surface area contributed by atoms with Gasteiger partial charge in [0.15, 0.2) is 0 Å². The van der Waals surface area contributed by atoms with E-state index < -0.39 is 0 Å². The monoisotopic (exact) mass is 383 g/mol. The number of likely N-dealkylation sites (N-methyl/N-ethyl adjacent to an activating group) is 1. The Morgan fingerprint density at radius 1 is 0.923 bits per heavy atom. The smallest absolute Gasteiger partial charge is 0.229 e. The van der Waals surface area contributed by atoms with Gasteiger partial charge in [0.25, 0.3) is 0 Å². The fourth-order valence-corrected chi connectivity index (χ4v) is 5.01. The van der Waals surface area contributed by atoms with Crippen molar-refractivity contribution in [2.75, 3.05) is 33.2 Å². The SMILES string of the molecule is CN1CCN(C(=O)C2C(C(=O)[S-])[C@H]3CC[C@@H]2O3)CC1.[NH3+]C1CCCCC1. The van der Waals surface area contributed by atoms with Gasteiger partial charge in [-0.05, 0) is 45.6 Å². The fourth-order valence-electron chi connectivity index (χ4n) is 4.72. The minimum Gasteiger partial charge on any atom is -0.742 e. The highest BCUT2D eigenvalue weighted by Crippen LogP contribution is 2.44. The molecule has 3 N–H and O–H groups in total. The van der Waals surface area contributed by atoms with Gasteiger partial charge in [0.1, 0.15) is 0 Å². The number of quaternary nitrogens is 1. The average molecular weight is 384 g/mol. The van der Waals surface area contributed by atoms with E-state index >= 15 is 0 Å². The molecule has 3 heterocycles. The molecule has 0 aromatic rings. The van der Waals surface area contributed by atoms with E-state index in [9.17, 15) is 9.59 Å². The van der Waals surface area contributed by atoms with Crippen LogP contribution in [0.4, 0.5) is 0 Å². The van der Waals surface area contributed by atoms with Crippen molar-refractivity contribution in [3.05, 3.63) is 0 Å². The molecule has 0 aromatic carbocycles. The molecule has 1 saturated carbocycles.